The maximum absolute atomic E-state index is 14.1. The molecule has 31 heavy (non-hydrogen) atoms. The van der Waals surface area contributed by atoms with Crippen LogP contribution in [0, 0.1) is 11.3 Å². The molecular formula is C19H12ClF2N7O2. The van der Waals surface area contributed by atoms with Gasteiger partial charge >= 0.3 is 5.92 Å². The van der Waals surface area contributed by atoms with Crippen LogP contribution in [0.5, 0.6) is 0 Å². The topological polar surface area (TPSA) is 126 Å². The van der Waals surface area contributed by atoms with Crippen LogP contribution >= 0.6 is 11.6 Å². The van der Waals surface area contributed by atoms with Crippen LogP contribution in [0.3, 0.4) is 0 Å². The maximum Gasteiger partial charge on any atom is 0.352 e. The predicted molar refractivity (Wildman–Crippen MR) is 104 cm³/mol. The van der Waals surface area contributed by atoms with Crippen molar-refractivity contribution in [2.24, 2.45) is 0 Å². The Morgan fingerprint density at radius 3 is 2.81 bits per heavy atom. The molecule has 2 aromatic heterocycles. The minimum absolute atomic E-state index is 0.113. The van der Waals surface area contributed by atoms with Crippen molar-refractivity contribution in [2.45, 2.75) is 18.9 Å². The molecule has 156 valence electrons. The predicted octanol–water partition coefficient (Wildman–Crippen LogP) is 2.72. The highest BCUT2D eigenvalue weighted by atomic mass is 35.5. The molecule has 0 aliphatic carbocycles. The second-order valence-electron chi connectivity index (χ2n) is 6.65. The third-order valence-electron chi connectivity index (χ3n) is 4.61. The Morgan fingerprint density at radius 2 is 2.13 bits per heavy atom. The zero-order valence-electron chi connectivity index (χ0n) is 15.7. The molecule has 1 atom stereocenters. The molecule has 9 nitrogen and oxygen atoms in total. The number of hydrogen-bond donors (Lipinski definition) is 2. The zero-order chi connectivity index (χ0) is 22.3. The van der Waals surface area contributed by atoms with Crippen molar-refractivity contribution in [3.8, 4) is 11.9 Å². The SMILES string of the molecule is C[C@H](NC(=O)c1cc(Cl)cc2c1NC(=O)C2(F)F)c1ncnn1-c1ccc(C#N)cn1. The summed E-state index contributed by atoms with van der Waals surface area (Å²) in [4.78, 5) is 32.7. The molecule has 1 aromatic carbocycles. The van der Waals surface area contributed by atoms with Gasteiger partial charge in [-0.1, -0.05) is 11.6 Å². The van der Waals surface area contributed by atoms with E-state index in [0.29, 0.717) is 17.2 Å². The molecule has 12 heteroatoms. The van der Waals surface area contributed by atoms with Crippen LogP contribution in [0.1, 0.15) is 40.3 Å². The van der Waals surface area contributed by atoms with Gasteiger partial charge in [-0.15, -0.1) is 0 Å². The number of carbonyl (C=O) groups is 2. The lowest BCUT2D eigenvalue weighted by atomic mass is 10.0. The van der Waals surface area contributed by atoms with Crippen LogP contribution in [-0.4, -0.2) is 31.6 Å². The van der Waals surface area contributed by atoms with Crippen LogP contribution in [0.2, 0.25) is 5.02 Å². The van der Waals surface area contributed by atoms with Crippen molar-refractivity contribution in [1.29, 1.82) is 5.26 Å². The number of amides is 2. The number of halogens is 3. The van der Waals surface area contributed by atoms with Gasteiger partial charge in [0.1, 0.15) is 12.4 Å². The number of nitriles is 1. The smallest absolute Gasteiger partial charge is 0.342 e. The molecule has 4 rings (SSSR count). The number of aromatic nitrogens is 4. The van der Waals surface area contributed by atoms with E-state index in [1.54, 1.807) is 19.1 Å². The maximum atomic E-state index is 14.1. The van der Waals surface area contributed by atoms with Gasteiger partial charge in [-0.05, 0) is 31.2 Å². The summed E-state index contributed by atoms with van der Waals surface area (Å²) in [5.41, 5.74) is -0.796. The molecule has 0 fully saturated rings. The first-order valence-electron chi connectivity index (χ1n) is 8.83. The van der Waals surface area contributed by atoms with E-state index in [1.807, 2.05) is 11.4 Å². The monoisotopic (exact) mass is 443 g/mol. The summed E-state index contributed by atoms with van der Waals surface area (Å²) in [5.74, 6) is -5.39. The summed E-state index contributed by atoms with van der Waals surface area (Å²) < 4.78 is 29.5. The number of nitrogens with one attached hydrogen (secondary N) is 2. The van der Waals surface area contributed by atoms with E-state index < -0.39 is 29.3 Å². The van der Waals surface area contributed by atoms with Crippen molar-refractivity contribution in [1.82, 2.24) is 25.1 Å². The highest BCUT2D eigenvalue weighted by molar-refractivity contribution is 6.31. The standard InChI is InChI=1S/C19H12ClF2N7O2/c1-9(16-25-8-26-29(16)14-3-2-10(6-23)7-24-14)27-17(30)12-4-11(20)5-13-15(12)28-18(31)19(13,21)22/h2-5,7-9H,1H3,(H,27,30)(H,28,31)/t9-/m0/s1. The van der Waals surface area contributed by atoms with Crippen LogP contribution < -0.4 is 10.6 Å². The number of anilines is 1. The molecule has 2 amide bonds. The summed E-state index contributed by atoms with van der Waals surface area (Å²) in [7, 11) is 0. The molecule has 0 unspecified atom stereocenters. The van der Waals surface area contributed by atoms with Gasteiger partial charge in [0.15, 0.2) is 11.6 Å². The molecule has 0 saturated carbocycles. The average molecular weight is 444 g/mol. The minimum atomic E-state index is -3.79. The Hall–Kier alpha value is -3.91. The van der Waals surface area contributed by atoms with E-state index in [2.05, 4.69) is 20.4 Å². The normalized spacial score (nSPS) is 15.0. The number of rotatable bonds is 4. The second-order valence-corrected chi connectivity index (χ2v) is 7.08. The summed E-state index contributed by atoms with van der Waals surface area (Å²) in [6, 6.07) is 6.48. The Kier molecular flexibility index (Phi) is 4.87. The quantitative estimate of drug-likeness (QED) is 0.638. The first kappa shape index (κ1) is 20.4. The number of alkyl halides is 2. The number of fused-ring (bicyclic) bond motifs is 1. The number of carbonyl (C=O) groups excluding carboxylic acids is 2. The van der Waals surface area contributed by atoms with Gasteiger partial charge in [-0.2, -0.15) is 23.8 Å². The largest absolute Gasteiger partial charge is 0.352 e. The molecule has 1 aliphatic rings. The van der Waals surface area contributed by atoms with Crippen molar-refractivity contribution in [2.75, 3.05) is 5.32 Å². The van der Waals surface area contributed by atoms with Crippen molar-refractivity contribution >= 4 is 29.1 Å². The minimum Gasteiger partial charge on any atom is -0.342 e. The van der Waals surface area contributed by atoms with E-state index in [-0.39, 0.29) is 16.3 Å². The lowest BCUT2D eigenvalue weighted by Gasteiger charge is -2.16. The van der Waals surface area contributed by atoms with E-state index >= 15 is 0 Å². The summed E-state index contributed by atoms with van der Waals surface area (Å²) in [5, 5.41) is 17.5. The van der Waals surface area contributed by atoms with Gasteiger partial charge in [-0.3, -0.25) is 9.59 Å². The number of pyridine rings is 1. The van der Waals surface area contributed by atoms with Gasteiger partial charge in [0.25, 0.3) is 11.8 Å². The Balaban J connectivity index is 1.63. The molecule has 3 aromatic rings. The fourth-order valence-corrected chi connectivity index (χ4v) is 3.34. The van der Waals surface area contributed by atoms with E-state index in [1.165, 1.54) is 23.3 Å². The van der Waals surface area contributed by atoms with Crippen molar-refractivity contribution in [3.63, 3.8) is 0 Å². The third kappa shape index (κ3) is 3.47. The van der Waals surface area contributed by atoms with Crippen LogP contribution in [0.25, 0.3) is 5.82 Å². The second kappa shape index (κ2) is 7.41. The molecule has 1 aliphatic heterocycles. The zero-order valence-corrected chi connectivity index (χ0v) is 16.5. The highest BCUT2D eigenvalue weighted by Crippen LogP contribution is 2.43. The molecule has 0 bridgehead atoms. The van der Waals surface area contributed by atoms with Crippen LogP contribution in [-0.2, 0) is 10.7 Å². The Morgan fingerprint density at radius 1 is 1.35 bits per heavy atom. The lowest BCUT2D eigenvalue weighted by Crippen LogP contribution is -2.29. The molecule has 3 heterocycles. The lowest BCUT2D eigenvalue weighted by molar-refractivity contribution is -0.139. The molecular weight excluding hydrogens is 432 g/mol. The molecule has 0 spiro atoms. The number of nitrogens with zero attached hydrogens (tertiary/aromatic N) is 5. The molecule has 0 radical (unpaired) electrons. The van der Waals surface area contributed by atoms with E-state index in [0.717, 1.165) is 6.07 Å². The van der Waals surface area contributed by atoms with Crippen molar-refractivity contribution in [3.05, 3.63) is 64.3 Å². The van der Waals surface area contributed by atoms with Gasteiger partial charge < -0.3 is 10.6 Å². The van der Waals surface area contributed by atoms with Crippen molar-refractivity contribution < 1.29 is 18.4 Å². The summed E-state index contributed by atoms with van der Waals surface area (Å²) in [6.45, 7) is 1.61. The Bertz CT molecular complexity index is 1250. The first-order chi connectivity index (χ1) is 14.7. The Labute approximate surface area is 178 Å². The fraction of sp³-hybridized carbons (Fsp3) is 0.158. The van der Waals surface area contributed by atoms with Gasteiger partial charge in [0.2, 0.25) is 0 Å². The summed E-state index contributed by atoms with van der Waals surface area (Å²) in [6.07, 6.45) is 2.62. The molecule has 0 saturated heterocycles. The van der Waals surface area contributed by atoms with Gasteiger partial charge in [-0.25, -0.2) is 9.97 Å². The van der Waals surface area contributed by atoms with Crippen LogP contribution in [0.15, 0.2) is 36.8 Å². The number of benzene rings is 1. The average Bonchev–Trinajstić information content (AvgIpc) is 3.32. The molecule has 2 N–H and O–H groups in total. The third-order valence-corrected chi connectivity index (χ3v) is 4.83. The highest BCUT2D eigenvalue weighted by Gasteiger charge is 2.50. The summed E-state index contributed by atoms with van der Waals surface area (Å²) >= 11 is 5.90. The van der Waals surface area contributed by atoms with E-state index in [9.17, 15) is 18.4 Å². The van der Waals surface area contributed by atoms with Gasteiger partial charge in [0.05, 0.1) is 28.4 Å². The van der Waals surface area contributed by atoms with Crippen LogP contribution in [0.4, 0.5) is 14.5 Å². The first-order valence-corrected chi connectivity index (χ1v) is 9.20. The van der Waals surface area contributed by atoms with Gasteiger partial charge in [0, 0.05) is 11.2 Å². The fourth-order valence-electron chi connectivity index (χ4n) is 3.12. The van der Waals surface area contributed by atoms with E-state index in [4.69, 9.17) is 16.9 Å². The number of hydrogen-bond acceptors (Lipinski definition) is 6.